The Hall–Kier alpha value is -2.62. The molecule has 0 saturated heterocycles. The van der Waals surface area contributed by atoms with Gasteiger partial charge in [0.25, 0.3) is 0 Å². The van der Waals surface area contributed by atoms with Crippen LogP contribution in [0, 0.1) is 0 Å². The van der Waals surface area contributed by atoms with Crippen LogP contribution in [-0.4, -0.2) is 24.3 Å². The zero-order valence-electron chi connectivity index (χ0n) is 14.9. The summed E-state index contributed by atoms with van der Waals surface area (Å²) in [4.78, 5) is 2.06. The summed E-state index contributed by atoms with van der Waals surface area (Å²) < 4.78 is 5.85. The van der Waals surface area contributed by atoms with Crippen LogP contribution in [0.15, 0.2) is 52.9 Å². The Morgan fingerprint density at radius 3 is 1.62 bits per heavy atom. The van der Waals surface area contributed by atoms with E-state index in [4.69, 9.17) is 4.42 Å². The smallest absolute Gasteiger partial charge is 0.248 e. The van der Waals surface area contributed by atoms with Gasteiger partial charge in [-0.3, -0.25) is 0 Å². The van der Waals surface area contributed by atoms with Gasteiger partial charge in [-0.1, -0.05) is 32.9 Å². The average molecular weight is 321 g/mol. The molecule has 1 heterocycles. The van der Waals surface area contributed by atoms with Gasteiger partial charge < -0.3 is 9.32 Å². The van der Waals surface area contributed by atoms with Crippen molar-refractivity contribution in [2.24, 2.45) is 0 Å². The third-order valence-corrected chi connectivity index (χ3v) is 4.05. The molecule has 2 aromatic carbocycles. The molecule has 0 fully saturated rings. The molecule has 3 rings (SSSR count). The van der Waals surface area contributed by atoms with Gasteiger partial charge in [0.1, 0.15) is 0 Å². The summed E-state index contributed by atoms with van der Waals surface area (Å²) in [5.41, 5.74) is 4.41. The molecule has 0 amide bonds. The Kier molecular flexibility index (Phi) is 4.14. The summed E-state index contributed by atoms with van der Waals surface area (Å²) in [7, 11) is 4.03. The van der Waals surface area contributed by atoms with Crippen molar-refractivity contribution >= 4 is 5.69 Å². The van der Waals surface area contributed by atoms with Gasteiger partial charge in [0, 0.05) is 30.9 Å². The molecule has 4 nitrogen and oxygen atoms in total. The number of anilines is 1. The molecule has 0 N–H and O–H groups in total. The SMILES string of the molecule is CN(C)c1ccc(-c2nnc(-c3ccc(C(C)(C)C)cc3)o2)cc1. The van der Waals surface area contributed by atoms with Crippen molar-refractivity contribution in [1.29, 1.82) is 0 Å². The van der Waals surface area contributed by atoms with Crippen LogP contribution in [0.5, 0.6) is 0 Å². The summed E-state index contributed by atoms with van der Waals surface area (Å²) in [5.74, 6) is 1.08. The van der Waals surface area contributed by atoms with Crippen molar-refractivity contribution < 1.29 is 4.42 Å². The molecular weight excluding hydrogens is 298 g/mol. The van der Waals surface area contributed by atoms with Gasteiger partial charge in [-0.25, -0.2) is 0 Å². The quantitative estimate of drug-likeness (QED) is 0.697. The van der Waals surface area contributed by atoms with Crippen LogP contribution >= 0.6 is 0 Å². The summed E-state index contributed by atoms with van der Waals surface area (Å²) >= 11 is 0. The van der Waals surface area contributed by atoms with Crippen LogP contribution in [0.1, 0.15) is 26.3 Å². The number of hydrogen-bond acceptors (Lipinski definition) is 4. The highest BCUT2D eigenvalue weighted by atomic mass is 16.4. The van der Waals surface area contributed by atoms with E-state index in [1.54, 1.807) is 0 Å². The van der Waals surface area contributed by atoms with Crippen LogP contribution in [0.25, 0.3) is 22.9 Å². The largest absolute Gasteiger partial charge is 0.416 e. The van der Waals surface area contributed by atoms with Crippen LogP contribution < -0.4 is 4.90 Å². The number of rotatable bonds is 3. The van der Waals surface area contributed by atoms with Gasteiger partial charge in [-0.15, -0.1) is 10.2 Å². The molecule has 0 saturated carbocycles. The van der Waals surface area contributed by atoms with Crippen LogP contribution in [0.4, 0.5) is 5.69 Å². The van der Waals surface area contributed by atoms with Gasteiger partial charge in [-0.05, 0) is 47.4 Å². The van der Waals surface area contributed by atoms with Crippen molar-refractivity contribution in [2.45, 2.75) is 26.2 Å². The van der Waals surface area contributed by atoms with Gasteiger partial charge >= 0.3 is 0 Å². The molecule has 4 heteroatoms. The Morgan fingerprint density at radius 1 is 0.750 bits per heavy atom. The van der Waals surface area contributed by atoms with Crippen molar-refractivity contribution in [3.8, 4) is 22.9 Å². The molecule has 3 aromatic rings. The lowest BCUT2D eigenvalue weighted by Crippen LogP contribution is -2.10. The minimum absolute atomic E-state index is 0.132. The average Bonchev–Trinajstić information content (AvgIpc) is 3.04. The first kappa shape index (κ1) is 16.2. The van der Waals surface area contributed by atoms with Gasteiger partial charge in [-0.2, -0.15) is 0 Å². The Balaban J connectivity index is 1.85. The molecule has 0 aliphatic carbocycles. The Labute approximate surface area is 143 Å². The molecule has 24 heavy (non-hydrogen) atoms. The van der Waals surface area contributed by atoms with Gasteiger partial charge in [0.15, 0.2) is 0 Å². The maximum Gasteiger partial charge on any atom is 0.248 e. The van der Waals surface area contributed by atoms with E-state index >= 15 is 0 Å². The predicted molar refractivity (Wildman–Crippen MR) is 98.2 cm³/mol. The van der Waals surface area contributed by atoms with E-state index < -0.39 is 0 Å². The third kappa shape index (κ3) is 3.32. The van der Waals surface area contributed by atoms with E-state index in [-0.39, 0.29) is 5.41 Å². The monoisotopic (exact) mass is 321 g/mol. The third-order valence-electron chi connectivity index (χ3n) is 4.05. The molecule has 0 aliphatic heterocycles. The standard InChI is InChI=1S/C20H23N3O/c1-20(2,3)16-10-6-14(7-11-16)18-21-22-19(24-18)15-8-12-17(13-9-15)23(4)5/h6-13H,1-5H3. The van der Waals surface area contributed by atoms with Crippen LogP contribution in [-0.2, 0) is 5.41 Å². The number of aromatic nitrogens is 2. The lowest BCUT2D eigenvalue weighted by Gasteiger charge is -2.18. The summed E-state index contributed by atoms with van der Waals surface area (Å²) in [5, 5.41) is 8.36. The van der Waals surface area contributed by atoms with Crippen molar-refractivity contribution in [2.75, 3.05) is 19.0 Å². The highest BCUT2D eigenvalue weighted by Gasteiger charge is 2.15. The fourth-order valence-corrected chi connectivity index (χ4v) is 2.47. The fraction of sp³-hybridized carbons (Fsp3) is 0.300. The molecule has 0 atom stereocenters. The molecule has 0 radical (unpaired) electrons. The zero-order valence-corrected chi connectivity index (χ0v) is 14.9. The number of nitrogens with zero attached hydrogens (tertiary/aromatic N) is 3. The highest BCUT2D eigenvalue weighted by molar-refractivity contribution is 5.61. The lowest BCUT2D eigenvalue weighted by molar-refractivity contribution is 0.582. The topological polar surface area (TPSA) is 42.2 Å². The maximum atomic E-state index is 5.85. The van der Waals surface area contributed by atoms with Crippen LogP contribution in [0.2, 0.25) is 0 Å². The summed E-state index contributed by atoms with van der Waals surface area (Å²) in [6, 6.07) is 16.4. The normalized spacial score (nSPS) is 11.5. The molecule has 1 aromatic heterocycles. The van der Waals surface area contributed by atoms with Crippen molar-refractivity contribution in [1.82, 2.24) is 10.2 Å². The molecule has 0 unspecified atom stereocenters. The Morgan fingerprint density at radius 2 is 1.21 bits per heavy atom. The van der Waals surface area contributed by atoms with E-state index in [0.29, 0.717) is 11.8 Å². The second-order valence-corrected chi connectivity index (χ2v) is 7.18. The first-order chi connectivity index (χ1) is 11.3. The highest BCUT2D eigenvalue weighted by Crippen LogP contribution is 2.28. The summed E-state index contributed by atoms with van der Waals surface area (Å²) in [6.45, 7) is 6.60. The van der Waals surface area contributed by atoms with Crippen LogP contribution in [0.3, 0.4) is 0 Å². The predicted octanol–water partition coefficient (Wildman–Crippen LogP) is 4.77. The molecule has 0 spiro atoms. The maximum absolute atomic E-state index is 5.85. The molecular formula is C20H23N3O. The zero-order chi connectivity index (χ0) is 17.3. The van der Waals surface area contributed by atoms with E-state index in [2.05, 4.69) is 48.0 Å². The van der Waals surface area contributed by atoms with Crippen molar-refractivity contribution in [3.63, 3.8) is 0 Å². The minimum Gasteiger partial charge on any atom is -0.416 e. The molecule has 0 aliphatic rings. The van der Waals surface area contributed by atoms with E-state index in [0.717, 1.165) is 16.8 Å². The summed E-state index contributed by atoms with van der Waals surface area (Å²) in [6.07, 6.45) is 0. The van der Waals surface area contributed by atoms with E-state index in [1.165, 1.54) is 5.56 Å². The van der Waals surface area contributed by atoms with E-state index in [1.807, 2.05) is 50.5 Å². The fourth-order valence-electron chi connectivity index (χ4n) is 2.47. The number of benzene rings is 2. The van der Waals surface area contributed by atoms with Crippen molar-refractivity contribution in [3.05, 3.63) is 54.1 Å². The molecule has 0 bridgehead atoms. The van der Waals surface area contributed by atoms with Gasteiger partial charge in [0.05, 0.1) is 0 Å². The minimum atomic E-state index is 0.132. The van der Waals surface area contributed by atoms with Gasteiger partial charge in [0.2, 0.25) is 11.8 Å². The Bertz CT molecular complexity index is 809. The lowest BCUT2D eigenvalue weighted by atomic mass is 9.87. The van der Waals surface area contributed by atoms with E-state index in [9.17, 15) is 0 Å². The first-order valence-electron chi connectivity index (χ1n) is 8.07. The second-order valence-electron chi connectivity index (χ2n) is 7.18. The first-order valence-corrected chi connectivity index (χ1v) is 8.07. The second kappa shape index (κ2) is 6.11. The number of hydrogen-bond donors (Lipinski definition) is 0. The molecule has 124 valence electrons.